The number of hydrogen-bond donors (Lipinski definition) is 1. The highest BCUT2D eigenvalue weighted by Crippen LogP contribution is 2.35. The number of aryl methyl sites for hydroxylation is 1. The fourth-order valence-corrected chi connectivity index (χ4v) is 2.36. The molecule has 0 aliphatic heterocycles. The molecule has 0 aliphatic rings. The lowest BCUT2D eigenvalue weighted by Gasteiger charge is -2.20. The van der Waals surface area contributed by atoms with Crippen molar-refractivity contribution in [1.82, 2.24) is 0 Å². The van der Waals surface area contributed by atoms with Crippen LogP contribution in [0.5, 0.6) is 0 Å². The van der Waals surface area contributed by atoms with Crippen molar-refractivity contribution < 1.29 is 9.52 Å². The molecule has 2 heteroatoms. The van der Waals surface area contributed by atoms with E-state index in [2.05, 4.69) is 39.8 Å². The predicted molar refractivity (Wildman–Crippen MR) is 79.5 cm³/mol. The Morgan fingerprint density at radius 1 is 1.16 bits per heavy atom. The molecule has 1 aromatic carbocycles. The summed E-state index contributed by atoms with van der Waals surface area (Å²) in [5.74, 6) is 0.677. The van der Waals surface area contributed by atoms with Crippen LogP contribution in [0, 0.1) is 0 Å². The molecule has 0 saturated heterocycles. The van der Waals surface area contributed by atoms with Gasteiger partial charge < -0.3 is 9.52 Å². The predicted octanol–water partition coefficient (Wildman–Crippen LogP) is 4.74. The van der Waals surface area contributed by atoms with Crippen molar-refractivity contribution in [3.05, 3.63) is 35.1 Å². The summed E-state index contributed by atoms with van der Waals surface area (Å²) in [5, 5.41) is 11.1. The maximum Gasteiger partial charge on any atom is 0.138 e. The van der Waals surface area contributed by atoms with Crippen LogP contribution in [-0.4, -0.2) is 5.11 Å². The zero-order chi connectivity index (χ0) is 14.2. The highest BCUT2D eigenvalue weighted by atomic mass is 16.4. The lowest BCUT2D eigenvalue weighted by molar-refractivity contribution is 0.148. The maximum atomic E-state index is 9.96. The van der Waals surface area contributed by atoms with Gasteiger partial charge in [0.15, 0.2) is 0 Å². The second-order valence-electron chi connectivity index (χ2n) is 6.24. The van der Waals surface area contributed by atoms with Gasteiger partial charge in [0.2, 0.25) is 0 Å². The second kappa shape index (κ2) is 5.01. The fourth-order valence-electron chi connectivity index (χ4n) is 2.36. The number of furan rings is 1. The van der Waals surface area contributed by atoms with Crippen molar-refractivity contribution in [2.24, 2.45) is 0 Å². The van der Waals surface area contributed by atoms with Crippen LogP contribution in [0.25, 0.3) is 11.0 Å². The summed E-state index contributed by atoms with van der Waals surface area (Å²) in [7, 11) is 0. The number of aliphatic hydroxyl groups is 1. The molecule has 0 fully saturated rings. The maximum absolute atomic E-state index is 9.96. The van der Waals surface area contributed by atoms with Crippen molar-refractivity contribution >= 4 is 11.0 Å². The summed E-state index contributed by atoms with van der Waals surface area (Å²) in [6.07, 6.45) is 1.17. The molecule has 1 aromatic heterocycles. The summed E-state index contributed by atoms with van der Waals surface area (Å²) in [6.45, 7) is 10.7. The normalized spacial score (nSPS) is 14.0. The summed E-state index contributed by atoms with van der Waals surface area (Å²) < 4.78 is 5.93. The van der Waals surface area contributed by atoms with E-state index >= 15 is 0 Å². The molecule has 1 unspecified atom stereocenters. The molecule has 0 radical (unpaired) electrons. The molecule has 104 valence electrons. The summed E-state index contributed by atoms with van der Waals surface area (Å²) in [6, 6.07) is 6.38. The van der Waals surface area contributed by atoms with Crippen molar-refractivity contribution in [3.8, 4) is 0 Å². The quantitative estimate of drug-likeness (QED) is 0.865. The molecule has 19 heavy (non-hydrogen) atoms. The van der Waals surface area contributed by atoms with Gasteiger partial charge >= 0.3 is 0 Å². The van der Waals surface area contributed by atoms with Crippen LogP contribution in [-0.2, 0) is 11.8 Å². The Hall–Kier alpha value is -1.28. The van der Waals surface area contributed by atoms with Gasteiger partial charge in [0.25, 0.3) is 0 Å². The first-order valence-corrected chi connectivity index (χ1v) is 7.11. The zero-order valence-corrected chi connectivity index (χ0v) is 12.6. The van der Waals surface area contributed by atoms with Crippen molar-refractivity contribution in [2.75, 3.05) is 0 Å². The van der Waals surface area contributed by atoms with Gasteiger partial charge in [-0.2, -0.15) is 0 Å². The van der Waals surface area contributed by atoms with Gasteiger partial charge in [-0.1, -0.05) is 40.7 Å². The molecule has 0 bridgehead atoms. The van der Waals surface area contributed by atoms with Gasteiger partial charge in [0.1, 0.15) is 17.4 Å². The molecule has 2 nitrogen and oxygen atoms in total. The minimum absolute atomic E-state index is 0.0374. The molecule has 0 amide bonds. The van der Waals surface area contributed by atoms with Crippen LogP contribution in [0.3, 0.4) is 0 Å². The number of rotatable bonds is 3. The number of benzene rings is 1. The first-order valence-electron chi connectivity index (χ1n) is 7.11. The Morgan fingerprint density at radius 2 is 1.84 bits per heavy atom. The third kappa shape index (κ3) is 2.69. The number of fused-ring (bicyclic) bond motifs is 1. The second-order valence-corrected chi connectivity index (χ2v) is 6.24. The Morgan fingerprint density at radius 3 is 2.37 bits per heavy atom. The van der Waals surface area contributed by atoms with Gasteiger partial charge in [-0.05, 0) is 36.0 Å². The SMILES string of the molecule is CCc1cc(C(C)(C)C)c2oc(C(O)CC)cc2c1. The minimum atomic E-state index is -0.509. The van der Waals surface area contributed by atoms with E-state index in [1.807, 2.05) is 13.0 Å². The minimum Gasteiger partial charge on any atom is -0.458 e. The third-order valence-corrected chi connectivity index (χ3v) is 3.63. The fraction of sp³-hybridized carbons (Fsp3) is 0.529. The number of hydrogen-bond acceptors (Lipinski definition) is 2. The summed E-state index contributed by atoms with van der Waals surface area (Å²) >= 11 is 0. The zero-order valence-electron chi connectivity index (χ0n) is 12.6. The van der Waals surface area contributed by atoms with Gasteiger partial charge in [0, 0.05) is 10.9 Å². The largest absolute Gasteiger partial charge is 0.458 e. The van der Waals surface area contributed by atoms with E-state index in [1.54, 1.807) is 0 Å². The van der Waals surface area contributed by atoms with Crippen molar-refractivity contribution in [1.29, 1.82) is 0 Å². The standard InChI is InChI=1S/C17H24O2/c1-6-11-8-12-10-15(14(18)7-2)19-16(12)13(9-11)17(3,4)5/h8-10,14,18H,6-7H2,1-5H3. The molecule has 2 aromatic rings. The Balaban J connectivity index is 2.68. The topological polar surface area (TPSA) is 33.4 Å². The summed E-state index contributed by atoms with van der Waals surface area (Å²) in [5.41, 5.74) is 3.50. The van der Waals surface area contributed by atoms with E-state index in [0.29, 0.717) is 12.2 Å². The van der Waals surface area contributed by atoms with Crippen LogP contribution in [0.4, 0.5) is 0 Å². The van der Waals surface area contributed by atoms with Crippen LogP contribution >= 0.6 is 0 Å². The van der Waals surface area contributed by atoms with Crippen molar-refractivity contribution in [2.45, 2.75) is 59.0 Å². The molecule has 0 saturated carbocycles. The highest BCUT2D eigenvalue weighted by Gasteiger charge is 2.22. The average molecular weight is 260 g/mol. The average Bonchev–Trinajstić information content (AvgIpc) is 2.78. The third-order valence-electron chi connectivity index (χ3n) is 3.63. The summed E-state index contributed by atoms with van der Waals surface area (Å²) in [4.78, 5) is 0. The van der Waals surface area contributed by atoms with E-state index in [-0.39, 0.29) is 5.41 Å². The van der Waals surface area contributed by atoms with E-state index in [1.165, 1.54) is 11.1 Å². The first kappa shape index (κ1) is 14.1. The van der Waals surface area contributed by atoms with Crippen LogP contribution in [0.1, 0.15) is 64.0 Å². The van der Waals surface area contributed by atoms with Crippen molar-refractivity contribution in [3.63, 3.8) is 0 Å². The Bertz CT molecular complexity index is 573. The Labute approximate surface area is 115 Å². The molecule has 2 rings (SSSR count). The van der Waals surface area contributed by atoms with E-state index in [9.17, 15) is 5.11 Å². The first-order chi connectivity index (χ1) is 8.86. The molecule has 1 atom stereocenters. The van der Waals surface area contributed by atoms with E-state index in [0.717, 1.165) is 17.4 Å². The molecule has 1 N–H and O–H groups in total. The lowest BCUT2D eigenvalue weighted by atomic mass is 9.85. The molecular weight excluding hydrogens is 236 g/mol. The van der Waals surface area contributed by atoms with Gasteiger partial charge in [0.05, 0.1) is 0 Å². The van der Waals surface area contributed by atoms with Gasteiger partial charge in [-0.15, -0.1) is 0 Å². The highest BCUT2D eigenvalue weighted by molar-refractivity contribution is 5.83. The van der Waals surface area contributed by atoms with Crippen LogP contribution in [0.15, 0.2) is 22.6 Å². The monoisotopic (exact) mass is 260 g/mol. The van der Waals surface area contributed by atoms with Gasteiger partial charge in [-0.3, -0.25) is 0 Å². The Kier molecular flexibility index (Phi) is 3.73. The van der Waals surface area contributed by atoms with Crippen LogP contribution < -0.4 is 0 Å². The smallest absolute Gasteiger partial charge is 0.138 e. The van der Waals surface area contributed by atoms with E-state index < -0.39 is 6.10 Å². The lowest BCUT2D eigenvalue weighted by Crippen LogP contribution is -2.11. The van der Waals surface area contributed by atoms with E-state index in [4.69, 9.17) is 4.42 Å². The van der Waals surface area contributed by atoms with Gasteiger partial charge in [-0.25, -0.2) is 0 Å². The molecule has 1 heterocycles. The molecule has 0 spiro atoms. The molecular formula is C17H24O2. The van der Waals surface area contributed by atoms with Crippen LogP contribution in [0.2, 0.25) is 0 Å². The molecule has 0 aliphatic carbocycles. The number of aliphatic hydroxyl groups excluding tert-OH is 1.